The Bertz CT molecular complexity index is 835. The quantitative estimate of drug-likeness (QED) is 0.672. The molecule has 7 nitrogen and oxygen atoms in total. The fourth-order valence-electron chi connectivity index (χ4n) is 3.24. The minimum Gasteiger partial charge on any atom is -0.497 e. The molecule has 156 valence electrons. The van der Waals surface area contributed by atoms with Gasteiger partial charge in [-0.2, -0.15) is 0 Å². The summed E-state index contributed by atoms with van der Waals surface area (Å²) in [4.78, 5) is 26.6. The Morgan fingerprint density at radius 2 is 1.76 bits per heavy atom. The lowest BCUT2D eigenvalue weighted by Gasteiger charge is -2.18. The number of rotatable bonds is 7. The van der Waals surface area contributed by atoms with Crippen LogP contribution in [0.25, 0.3) is 0 Å². The number of methoxy groups -OCH3 is 2. The molecule has 0 aliphatic carbocycles. The van der Waals surface area contributed by atoms with E-state index in [1.165, 1.54) is 0 Å². The molecule has 1 aliphatic heterocycles. The van der Waals surface area contributed by atoms with Crippen molar-refractivity contribution in [1.82, 2.24) is 5.32 Å². The van der Waals surface area contributed by atoms with Gasteiger partial charge in [0.05, 0.1) is 25.8 Å². The number of anilines is 2. The zero-order valence-electron chi connectivity index (χ0n) is 16.5. The second-order valence-corrected chi connectivity index (χ2v) is 6.76. The van der Waals surface area contributed by atoms with E-state index in [4.69, 9.17) is 15.2 Å². The van der Waals surface area contributed by atoms with E-state index in [2.05, 4.69) is 5.32 Å². The van der Waals surface area contributed by atoms with Gasteiger partial charge in [0, 0.05) is 43.4 Å². The Kier molecular flexibility index (Phi) is 7.73. The highest BCUT2D eigenvalue weighted by molar-refractivity contribution is 6.00. The van der Waals surface area contributed by atoms with E-state index < -0.39 is 0 Å². The van der Waals surface area contributed by atoms with E-state index in [0.29, 0.717) is 42.4 Å². The maximum Gasteiger partial charge on any atom is 0.227 e. The van der Waals surface area contributed by atoms with E-state index in [-0.39, 0.29) is 36.6 Å². The summed E-state index contributed by atoms with van der Waals surface area (Å²) in [5, 5.41) is 2.93. The lowest BCUT2D eigenvalue weighted by atomic mass is 10.1. The molecule has 1 unspecified atom stereocenters. The molecule has 1 fully saturated rings. The zero-order valence-corrected chi connectivity index (χ0v) is 17.3. The van der Waals surface area contributed by atoms with Crippen LogP contribution in [0, 0.1) is 5.92 Å². The highest BCUT2D eigenvalue weighted by atomic mass is 35.5. The van der Waals surface area contributed by atoms with Crippen molar-refractivity contribution < 1.29 is 19.1 Å². The van der Waals surface area contributed by atoms with Crippen molar-refractivity contribution in [3.63, 3.8) is 0 Å². The summed E-state index contributed by atoms with van der Waals surface area (Å²) >= 11 is 0. The molecule has 2 aromatic rings. The van der Waals surface area contributed by atoms with Crippen LogP contribution in [0.3, 0.4) is 0 Å². The summed E-state index contributed by atoms with van der Waals surface area (Å²) in [5.41, 5.74) is 8.15. The van der Waals surface area contributed by atoms with Crippen LogP contribution in [0.15, 0.2) is 42.5 Å². The highest BCUT2D eigenvalue weighted by Crippen LogP contribution is 2.32. The van der Waals surface area contributed by atoms with Crippen LogP contribution in [0.4, 0.5) is 11.4 Å². The highest BCUT2D eigenvalue weighted by Gasteiger charge is 2.35. The summed E-state index contributed by atoms with van der Waals surface area (Å²) in [6.45, 7) is 0.850. The summed E-state index contributed by atoms with van der Waals surface area (Å²) in [7, 11) is 3.11. The number of nitrogens with two attached hydrogens (primary N) is 1. The summed E-state index contributed by atoms with van der Waals surface area (Å²) in [5.74, 6) is 0.614. The summed E-state index contributed by atoms with van der Waals surface area (Å²) in [6, 6.07) is 12.8. The smallest absolute Gasteiger partial charge is 0.227 e. The van der Waals surface area contributed by atoms with Crippen LogP contribution in [-0.4, -0.2) is 39.1 Å². The predicted molar refractivity (Wildman–Crippen MR) is 115 cm³/mol. The van der Waals surface area contributed by atoms with E-state index in [1.54, 1.807) is 37.3 Å². The SMILES string of the molecule is COc1cc(OC)cc(N2CC(C(=O)NCCc3ccc(N)cc3)CC2=O)c1.Cl. The van der Waals surface area contributed by atoms with Crippen molar-refractivity contribution in [3.05, 3.63) is 48.0 Å². The number of halogens is 1. The van der Waals surface area contributed by atoms with Gasteiger partial charge in [-0.25, -0.2) is 0 Å². The largest absolute Gasteiger partial charge is 0.497 e. The van der Waals surface area contributed by atoms with Gasteiger partial charge in [-0.05, 0) is 24.1 Å². The van der Waals surface area contributed by atoms with Gasteiger partial charge < -0.3 is 25.4 Å². The van der Waals surface area contributed by atoms with Crippen molar-refractivity contribution in [2.75, 3.05) is 37.9 Å². The average Bonchev–Trinajstić information content (AvgIpc) is 3.10. The third-order valence-electron chi connectivity index (χ3n) is 4.84. The number of amides is 2. The first kappa shape index (κ1) is 22.4. The van der Waals surface area contributed by atoms with Gasteiger partial charge in [0.25, 0.3) is 0 Å². The third-order valence-corrected chi connectivity index (χ3v) is 4.84. The van der Waals surface area contributed by atoms with Crippen molar-refractivity contribution in [2.24, 2.45) is 5.92 Å². The summed E-state index contributed by atoms with van der Waals surface area (Å²) < 4.78 is 10.5. The number of nitrogens with zero attached hydrogens (tertiary/aromatic N) is 1. The molecule has 3 N–H and O–H groups in total. The van der Waals surface area contributed by atoms with E-state index >= 15 is 0 Å². The van der Waals surface area contributed by atoms with Crippen LogP contribution in [0.5, 0.6) is 11.5 Å². The topological polar surface area (TPSA) is 93.9 Å². The van der Waals surface area contributed by atoms with Gasteiger partial charge in [0.2, 0.25) is 11.8 Å². The van der Waals surface area contributed by atoms with Gasteiger partial charge in [0.15, 0.2) is 0 Å². The minimum atomic E-state index is -0.379. The summed E-state index contributed by atoms with van der Waals surface area (Å²) in [6.07, 6.45) is 0.900. The molecule has 1 heterocycles. The number of carbonyl (C=O) groups excluding carboxylic acids is 2. The van der Waals surface area contributed by atoms with Crippen molar-refractivity contribution >= 4 is 35.6 Å². The average molecular weight is 420 g/mol. The second-order valence-electron chi connectivity index (χ2n) is 6.76. The first-order valence-corrected chi connectivity index (χ1v) is 9.15. The number of carbonyl (C=O) groups is 2. The van der Waals surface area contributed by atoms with Crippen molar-refractivity contribution in [1.29, 1.82) is 0 Å². The van der Waals surface area contributed by atoms with Gasteiger partial charge in [-0.15, -0.1) is 12.4 Å². The second kappa shape index (κ2) is 10.0. The molecular weight excluding hydrogens is 394 g/mol. The Hall–Kier alpha value is -2.93. The Morgan fingerprint density at radius 3 is 2.34 bits per heavy atom. The standard InChI is InChI=1S/C21H25N3O4.ClH/c1-27-18-10-17(11-19(12-18)28-2)24-13-15(9-20(24)25)21(26)23-8-7-14-3-5-16(22)6-4-14;/h3-6,10-12,15H,7-9,13,22H2,1-2H3,(H,23,26);1H. The van der Waals surface area contributed by atoms with Crippen molar-refractivity contribution in [2.45, 2.75) is 12.8 Å². The molecule has 0 spiro atoms. The molecular formula is C21H26ClN3O4. The molecule has 2 amide bonds. The molecule has 29 heavy (non-hydrogen) atoms. The number of nitrogen functional groups attached to an aromatic ring is 1. The maximum atomic E-state index is 12.5. The zero-order chi connectivity index (χ0) is 20.1. The van der Waals surface area contributed by atoms with Gasteiger partial charge in [0.1, 0.15) is 11.5 Å². The number of nitrogens with one attached hydrogen (secondary N) is 1. The Balaban J connectivity index is 0.00000300. The van der Waals surface area contributed by atoms with Crippen LogP contribution in [0.2, 0.25) is 0 Å². The van der Waals surface area contributed by atoms with Crippen molar-refractivity contribution in [3.8, 4) is 11.5 Å². The predicted octanol–water partition coefficient (Wildman–Crippen LogP) is 2.42. The minimum absolute atomic E-state index is 0. The molecule has 1 aliphatic rings. The molecule has 2 aromatic carbocycles. The molecule has 0 aromatic heterocycles. The fourth-order valence-corrected chi connectivity index (χ4v) is 3.24. The lowest BCUT2D eigenvalue weighted by Crippen LogP contribution is -2.34. The van der Waals surface area contributed by atoms with E-state index in [9.17, 15) is 9.59 Å². The van der Waals surface area contributed by atoms with E-state index in [0.717, 1.165) is 5.56 Å². The molecule has 0 radical (unpaired) electrons. The normalized spacial score (nSPS) is 15.6. The number of ether oxygens (including phenoxy) is 2. The molecule has 1 saturated heterocycles. The van der Waals surface area contributed by atoms with E-state index in [1.807, 2.05) is 24.3 Å². The monoisotopic (exact) mass is 419 g/mol. The number of hydrogen-bond acceptors (Lipinski definition) is 5. The first-order chi connectivity index (χ1) is 13.5. The van der Waals surface area contributed by atoms with Gasteiger partial charge in [-0.1, -0.05) is 12.1 Å². The number of hydrogen-bond donors (Lipinski definition) is 2. The Labute approximate surface area is 176 Å². The van der Waals surface area contributed by atoms with Gasteiger partial charge >= 0.3 is 0 Å². The molecule has 0 saturated carbocycles. The molecule has 8 heteroatoms. The molecule has 3 rings (SSSR count). The van der Waals surface area contributed by atoms with Crippen LogP contribution >= 0.6 is 12.4 Å². The number of benzene rings is 2. The van der Waals surface area contributed by atoms with Crippen LogP contribution in [-0.2, 0) is 16.0 Å². The van der Waals surface area contributed by atoms with Crippen LogP contribution in [0.1, 0.15) is 12.0 Å². The maximum absolute atomic E-state index is 12.5. The molecule has 0 bridgehead atoms. The Morgan fingerprint density at radius 1 is 1.14 bits per heavy atom. The molecule has 1 atom stereocenters. The first-order valence-electron chi connectivity index (χ1n) is 9.15. The lowest BCUT2D eigenvalue weighted by molar-refractivity contribution is -0.126. The third kappa shape index (κ3) is 5.54. The van der Waals surface area contributed by atoms with Gasteiger partial charge in [-0.3, -0.25) is 9.59 Å². The van der Waals surface area contributed by atoms with Crippen LogP contribution < -0.4 is 25.4 Å². The fraction of sp³-hybridized carbons (Fsp3) is 0.333.